The highest BCUT2D eigenvalue weighted by Gasteiger charge is 2.51. The van der Waals surface area contributed by atoms with Crippen molar-refractivity contribution in [2.75, 3.05) is 11.4 Å². The molecular weight excluding hydrogens is 371 g/mol. The van der Waals surface area contributed by atoms with Crippen molar-refractivity contribution in [3.8, 4) is 0 Å². The first-order valence-corrected chi connectivity index (χ1v) is 10.0. The summed E-state index contributed by atoms with van der Waals surface area (Å²) < 4.78 is 17.4. The molecule has 0 spiro atoms. The number of ether oxygens (including phenoxy) is 1. The maximum atomic E-state index is 12.4. The molecule has 2 fully saturated rings. The molecule has 0 aromatic heterocycles. The molecule has 2 saturated heterocycles. The Bertz CT molecular complexity index is 769. The minimum Gasteiger partial charge on any atom is -0.444 e. The molecule has 1 atom stereocenters. The van der Waals surface area contributed by atoms with Crippen LogP contribution >= 0.6 is 0 Å². The Hall–Kier alpha value is -2.06. The van der Waals surface area contributed by atoms with Crippen molar-refractivity contribution in [3.05, 3.63) is 24.3 Å². The van der Waals surface area contributed by atoms with Crippen molar-refractivity contribution in [2.45, 2.75) is 77.7 Å². The number of hydrogen-bond donors (Lipinski definition) is 1. The van der Waals surface area contributed by atoms with Crippen molar-refractivity contribution in [2.24, 2.45) is 0 Å². The predicted octanol–water partition coefficient (Wildman–Crippen LogP) is 2.62. The second kappa shape index (κ2) is 7.33. The molecule has 3 rings (SSSR count). The molecule has 1 N–H and O–H groups in total. The van der Waals surface area contributed by atoms with E-state index in [9.17, 15) is 9.59 Å². The quantitative estimate of drug-likeness (QED) is 0.787. The topological polar surface area (TPSA) is 77.1 Å². The number of alkyl carbamates (subject to hydrolysis) is 1. The molecule has 0 unspecified atom stereocenters. The first kappa shape index (κ1) is 21.6. The van der Waals surface area contributed by atoms with Crippen molar-refractivity contribution in [1.82, 2.24) is 5.32 Å². The number of rotatable bonds is 3. The highest BCUT2D eigenvalue weighted by Crippen LogP contribution is 2.36. The predicted molar refractivity (Wildman–Crippen MR) is 112 cm³/mol. The van der Waals surface area contributed by atoms with Gasteiger partial charge in [0.2, 0.25) is 5.91 Å². The van der Waals surface area contributed by atoms with Crippen molar-refractivity contribution in [1.29, 1.82) is 0 Å². The molecule has 1 aromatic rings. The molecule has 0 saturated carbocycles. The van der Waals surface area contributed by atoms with Crippen molar-refractivity contribution in [3.63, 3.8) is 0 Å². The number of carbonyl (C=O) groups excluding carboxylic acids is 2. The second-order valence-electron chi connectivity index (χ2n) is 9.73. The third-order valence-corrected chi connectivity index (χ3v) is 5.58. The van der Waals surface area contributed by atoms with E-state index in [1.807, 2.05) is 52.0 Å². The Morgan fingerprint density at radius 2 is 1.69 bits per heavy atom. The zero-order valence-electron chi connectivity index (χ0n) is 18.4. The molecule has 158 valence electrons. The second-order valence-corrected chi connectivity index (χ2v) is 9.73. The van der Waals surface area contributed by atoms with Crippen LogP contribution in [0.5, 0.6) is 0 Å². The van der Waals surface area contributed by atoms with Crippen LogP contribution < -0.4 is 15.7 Å². The Morgan fingerprint density at radius 3 is 2.21 bits per heavy atom. The number of benzene rings is 1. The molecule has 0 radical (unpaired) electrons. The molecule has 2 aliphatic rings. The van der Waals surface area contributed by atoms with Gasteiger partial charge < -0.3 is 24.3 Å². The summed E-state index contributed by atoms with van der Waals surface area (Å²) in [5.74, 6) is -0.0329. The van der Waals surface area contributed by atoms with Gasteiger partial charge in [0.25, 0.3) is 0 Å². The summed E-state index contributed by atoms with van der Waals surface area (Å²) in [4.78, 5) is 26.1. The van der Waals surface area contributed by atoms with Crippen LogP contribution in [0, 0.1) is 0 Å². The van der Waals surface area contributed by atoms with Gasteiger partial charge >= 0.3 is 13.2 Å². The average molecular weight is 402 g/mol. The Labute approximate surface area is 173 Å². The monoisotopic (exact) mass is 402 g/mol. The molecule has 0 bridgehead atoms. The van der Waals surface area contributed by atoms with Gasteiger partial charge in [0.05, 0.1) is 17.2 Å². The maximum absolute atomic E-state index is 12.4. The van der Waals surface area contributed by atoms with Crippen molar-refractivity contribution < 1.29 is 23.6 Å². The molecule has 8 heteroatoms. The average Bonchev–Trinajstić information content (AvgIpc) is 3.02. The third-order valence-electron chi connectivity index (χ3n) is 5.58. The summed E-state index contributed by atoms with van der Waals surface area (Å²) >= 11 is 0. The van der Waals surface area contributed by atoms with Crippen LogP contribution in [0.3, 0.4) is 0 Å². The Balaban J connectivity index is 1.63. The highest BCUT2D eigenvalue weighted by molar-refractivity contribution is 6.62. The minimum absolute atomic E-state index is 0.0329. The lowest BCUT2D eigenvalue weighted by Gasteiger charge is -2.32. The lowest BCUT2D eigenvalue weighted by molar-refractivity contribution is -0.117. The third kappa shape index (κ3) is 4.75. The number of amides is 2. The Morgan fingerprint density at radius 1 is 1.14 bits per heavy atom. The molecule has 2 amide bonds. The molecule has 2 heterocycles. The first-order valence-electron chi connectivity index (χ1n) is 10.0. The lowest BCUT2D eigenvalue weighted by Crippen LogP contribution is -2.41. The smallest absolute Gasteiger partial charge is 0.444 e. The van der Waals surface area contributed by atoms with E-state index in [4.69, 9.17) is 14.0 Å². The van der Waals surface area contributed by atoms with Gasteiger partial charge in [-0.05, 0) is 66.1 Å². The number of nitrogens with one attached hydrogen (secondary N) is 1. The normalized spacial score (nSPS) is 23.4. The highest BCUT2D eigenvalue weighted by atomic mass is 16.7. The van der Waals surface area contributed by atoms with E-state index in [0.717, 1.165) is 11.2 Å². The van der Waals surface area contributed by atoms with Gasteiger partial charge in [0.1, 0.15) is 5.60 Å². The summed E-state index contributed by atoms with van der Waals surface area (Å²) in [7, 11) is -0.440. The molecule has 2 aliphatic heterocycles. The zero-order chi connectivity index (χ0) is 21.6. The fourth-order valence-electron chi connectivity index (χ4n) is 3.32. The van der Waals surface area contributed by atoms with Gasteiger partial charge in [0, 0.05) is 18.7 Å². The summed E-state index contributed by atoms with van der Waals surface area (Å²) in [6, 6.07) is 7.32. The van der Waals surface area contributed by atoms with Gasteiger partial charge in [-0.25, -0.2) is 4.79 Å². The largest absolute Gasteiger partial charge is 0.494 e. The van der Waals surface area contributed by atoms with Gasteiger partial charge in [0.15, 0.2) is 0 Å². The van der Waals surface area contributed by atoms with Gasteiger partial charge in [-0.3, -0.25) is 4.79 Å². The van der Waals surface area contributed by atoms with E-state index in [1.54, 1.807) is 25.7 Å². The van der Waals surface area contributed by atoms with Gasteiger partial charge in [-0.15, -0.1) is 0 Å². The van der Waals surface area contributed by atoms with Crippen LogP contribution in [0.2, 0.25) is 0 Å². The standard InChI is InChI=1S/C21H31BN2O5/c1-19(2,3)27-18(26)23-15-12-17(25)24(13-15)16-10-8-14(9-11-16)22-28-20(4,5)21(6,7)29-22/h8-11,15H,12-13H2,1-7H3,(H,23,26)/t15-/m1/s1. The molecule has 1 aromatic carbocycles. The number of hydrogen-bond acceptors (Lipinski definition) is 5. The van der Waals surface area contributed by atoms with Crippen LogP contribution in [0.15, 0.2) is 24.3 Å². The van der Waals surface area contributed by atoms with E-state index in [0.29, 0.717) is 6.54 Å². The number of anilines is 1. The lowest BCUT2D eigenvalue weighted by atomic mass is 9.79. The van der Waals surface area contributed by atoms with Crippen LogP contribution in [0.25, 0.3) is 0 Å². The van der Waals surface area contributed by atoms with E-state index < -0.39 is 30.0 Å². The fraction of sp³-hybridized carbons (Fsp3) is 0.619. The van der Waals surface area contributed by atoms with E-state index in [2.05, 4.69) is 5.32 Å². The Kier molecular flexibility index (Phi) is 5.47. The molecule has 29 heavy (non-hydrogen) atoms. The van der Waals surface area contributed by atoms with Gasteiger partial charge in [-0.2, -0.15) is 0 Å². The number of carbonyl (C=O) groups is 2. The SMILES string of the molecule is CC(C)(C)OC(=O)N[C@@H]1CC(=O)N(c2ccc(B3OC(C)(C)C(C)(C)O3)cc2)C1. The first-order chi connectivity index (χ1) is 13.3. The van der Waals surface area contributed by atoms with Gasteiger partial charge in [-0.1, -0.05) is 12.1 Å². The van der Waals surface area contributed by atoms with Crippen LogP contribution in [0.4, 0.5) is 10.5 Å². The maximum Gasteiger partial charge on any atom is 0.494 e. The summed E-state index contributed by atoms with van der Waals surface area (Å²) in [5.41, 5.74) is 0.311. The van der Waals surface area contributed by atoms with Crippen LogP contribution in [-0.2, 0) is 18.8 Å². The van der Waals surface area contributed by atoms with Crippen molar-refractivity contribution >= 4 is 30.3 Å². The van der Waals surface area contributed by atoms with E-state index in [-0.39, 0.29) is 18.4 Å². The molecular formula is C21H31BN2O5. The summed E-state index contributed by atoms with van der Waals surface area (Å²) in [5, 5.41) is 2.78. The molecule has 0 aliphatic carbocycles. The summed E-state index contributed by atoms with van der Waals surface area (Å²) in [6.45, 7) is 13.9. The zero-order valence-corrected chi connectivity index (χ0v) is 18.4. The summed E-state index contributed by atoms with van der Waals surface area (Å²) in [6.07, 6.45) is -0.258. The minimum atomic E-state index is -0.574. The number of nitrogens with zero attached hydrogens (tertiary/aromatic N) is 1. The fourth-order valence-corrected chi connectivity index (χ4v) is 3.32. The van der Waals surface area contributed by atoms with Crippen LogP contribution in [-0.4, -0.2) is 48.5 Å². The van der Waals surface area contributed by atoms with E-state index >= 15 is 0 Å². The van der Waals surface area contributed by atoms with Crippen LogP contribution in [0.1, 0.15) is 54.9 Å². The van der Waals surface area contributed by atoms with E-state index in [1.165, 1.54) is 0 Å². The molecule has 7 nitrogen and oxygen atoms in total.